The number of hydrogen-bond acceptors (Lipinski definition) is 4. The van der Waals surface area contributed by atoms with Crippen LogP contribution in [0, 0.1) is 0 Å². The van der Waals surface area contributed by atoms with Crippen molar-refractivity contribution in [2.45, 2.75) is 19.4 Å². The molecule has 1 aromatic heterocycles. The summed E-state index contributed by atoms with van der Waals surface area (Å²) >= 11 is 5.79. The zero-order valence-electron chi connectivity index (χ0n) is 8.85. The van der Waals surface area contributed by atoms with Crippen molar-refractivity contribution in [3.05, 3.63) is 35.2 Å². The van der Waals surface area contributed by atoms with Gasteiger partial charge in [-0.05, 0) is 31.2 Å². The van der Waals surface area contributed by atoms with Gasteiger partial charge >= 0.3 is 0 Å². The summed E-state index contributed by atoms with van der Waals surface area (Å²) in [6, 6.07) is 7.29. The lowest BCUT2D eigenvalue weighted by Gasteiger charge is -1.97. The summed E-state index contributed by atoms with van der Waals surface area (Å²) in [4.78, 5) is 4.25. The maximum atomic E-state index is 5.79. The lowest BCUT2D eigenvalue weighted by atomic mass is 10.2. The maximum Gasteiger partial charge on any atom is 0.228 e. The fourth-order valence-electron chi connectivity index (χ4n) is 1.33. The molecule has 4 nitrogen and oxygen atoms in total. The van der Waals surface area contributed by atoms with E-state index in [0.29, 0.717) is 23.2 Å². The molecular weight excluding hydrogens is 226 g/mol. The highest BCUT2D eigenvalue weighted by atomic mass is 35.5. The molecule has 5 heteroatoms. The van der Waals surface area contributed by atoms with Gasteiger partial charge in [-0.3, -0.25) is 0 Å². The van der Waals surface area contributed by atoms with E-state index in [4.69, 9.17) is 21.9 Å². The Morgan fingerprint density at radius 3 is 2.69 bits per heavy atom. The zero-order chi connectivity index (χ0) is 11.5. The molecule has 1 aromatic carbocycles. The molecule has 0 aliphatic rings. The highest BCUT2D eigenvalue weighted by Gasteiger charge is 2.09. The molecule has 0 aliphatic heterocycles. The molecule has 0 bridgehead atoms. The molecule has 0 radical (unpaired) electrons. The van der Waals surface area contributed by atoms with Gasteiger partial charge in [-0.1, -0.05) is 16.8 Å². The number of nitrogens with two attached hydrogens (primary N) is 1. The van der Waals surface area contributed by atoms with E-state index in [9.17, 15) is 0 Å². The second-order valence-corrected chi connectivity index (χ2v) is 4.14. The molecule has 16 heavy (non-hydrogen) atoms. The summed E-state index contributed by atoms with van der Waals surface area (Å²) in [5, 5.41) is 4.57. The average Bonchev–Trinajstić information content (AvgIpc) is 2.66. The highest BCUT2D eigenvalue weighted by Crippen LogP contribution is 2.18. The van der Waals surface area contributed by atoms with Crippen molar-refractivity contribution in [2.24, 2.45) is 5.73 Å². The Bertz CT molecular complexity index is 464. The molecule has 0 saturated heterocycles. The van der Waals surface area contributed by atoms with E-state index in [1.807, 2.05) is 19.1 Å². The fraction of sp³-hybridized carbons (Fsp3) is 0.273. The van der Waals surface area contributed by atoms with Gasteiger partial charge in [-0.2, -0.15) is 4.98 Å². The Balaban J connectivity index is 2.21. The third-order valence-corrected chi connectivity index (χ3v) is 2.32. The van der Waals surface area contributed by atoms with Gasteiger partial charge in [0.15, 0.2) is 0 Å². The van der Waals surface area contributed by atoms with Gasteiger partial charge in [0.2, 0.25) is 11.7 Å². The number of halogens is 1. The normalized spacial score (nSPS) is 12.7. The van der Waals surface area contributed by atoms with Crippen LogP contribution in [0.4, 0.5) is 0 Å². The molecule has 1 unspecified atom stereocenters. The van der Waals surface area contributed by atoms with Crippen LogP contribution in [0.1, 0.15) is 12.8 Å². The lowest BCUT2D eigenvalue weighted by Crippen LogP contribution is -2.17. The number of benzene rings is 1. The minimum absolute atomic E-state index is 0.0125. The van der Waals surface area contributed by atoms with Gasteiger partial charge < -0.3 is 10.3 Å². The Labute approximate surface area is 98.4 Å². The summed E-state index contributed by atoms with van der Waals surface area (Å²) in [5.74, 6) is 1.12. The highest BCUT2D eigenvalue weighted by molar-refractivity contribution is 6.30. The van der Waals surface area contributed by atoms with Crippen molar-refractivity contribution < 1.29 is 4.52 Å². The van der Waals surface area contributed by atoms with E-state index >= 15 is 0 Å². The zero-order valence-corrected chi connectivity index (χ0v) is 9.61. The van der Waals surface area contributed by atoms with Gasteiger partial charge in [0.1, 0.15) is 0 Å². The molecule has 0 spiro atoms. The monoisotopic (exact) mass is 237 g/mol. The van der Waals surface area contributed by atoms with Crippen LogP contribution in [0.5, 0.6) is 0 Å². The van der Waals surface area contributed by atoms with Crippen LogP contribution in [0.2, 0.25) is 5.02 Å². The van der Waals surface area contributed by atoms with E-state index in [0.717, 1.165) is 5.56 Å². The summed E-state index contributed by atoms with van der Waals surface area (Å²) < 4.78 is 5.09. The summed E-state index contributed by atoms with van der Waals surface area (Å²) in [7, 11) is 0. The molecule has 0 saturated carbocycles. The Morgan fingerprint density at radius 2 is 2.06 bits per heavy atom. The first-order valence-electron chi connectivity index (χ1n) is 4.99. The van der Waals surface area contributed by atoms with Crippen molar-refractivity contribution in [2.75, 3.05) is 0 Å². The van der Waals surface area contributed by atoms with Crippen LogP contribution >= 0.6 is 11.6 Å². The van der Waals surface area contributed by atoms with Gasteiger partial charge in [-0.15, -0.1) is 0 Å². The second kappa shape index (κ2) is 4.63. The van der Waals surface area contributed by atoms with Gasteiger partial charge in [0, 0.05) is 23.0 Å². The van der Waals surface area contributed by atoms with Gasteiger partial charge in [0.05, 0.1) is 0 Å². The van der Waals surface area contributed by atoms with E-state index in [1.165, 1.54) is 0 Å². The van der Waals surface area contributed by atoms with Crippen LogP contribution in [0.3, 0.4) is 0 Å². The minimum atomic E-state index is 0.0125. The van der Waals surface area contributed by atoms with Crippen molar-refractivity contribution in [1.82, 2.24) is 10.1 Å². The molecule has 1 heterocycles. The SMILES string of the molecule is CC(N)Cc1nc(-c2ccc(Cl)cc2)no1. The van der Waals surface area contributed by atoms with Crippen molar-refractivity contribution in [3.8, 4) is 11.4 Å². The largest absolute Gasteiger partial charge is 0.339 e. The standard InChI is InChI=1S/C11H12ClN3O/c1-7(13)6-10-14-11(15-16-10)8-2-4-9(12)5-3-8/h2-5,7H,6,13H2,1H3. The van der Waals surface area contributed by atoms with Gasteiger partial charge in [-0.25, -0.2) is 0 Å². The molecule has 2 aromatic rings. The van der Waals surface area contributed by atoms with E-state index < -0.39 is 0 Å². The first kappa shape index (κ1) is 11.1. The van der Waals surface area contributed by atoms with Crippen LogP contribution in [0.15, 0.2) is 28.8 Å². The number of hydrogen-bond donors (Lipinski definition) is 1. The molecule has 1 atom stereocenters. The Morgan fingerprint density at radius 1 is 1.38 bits per heavy atom. The predicted octanol–water partition coefficient (Wildman–Crippen LogP) is 2.28. The third-order valence-electron chi connectivity index (χ3n) is 2.07. The molecule has 0 aliphatic carbocycles. The Kier molecular flexibility index (Phi) is 3.22. The first-order chi connectivity index (χ1) is 7.65. The maximum absolute atomic E-state index is 5.79. The molecule has 0 fully saturated rings. The Hall–Kier alpha value is -1.39. The van der Waals surface area contributed by atoms with Crippen molar-refractivity contribution >= 4 is 11.6 Å². The average molecular weight is 238 g/mol. The van der Waals surface area contributed by atoms with E-state index in [2.05, 4.69) is 10.1 Å². The molecule has 2 rings (SSSR count). The number of rotatable bonds is 3. The van der Waals surface area contributed by atoms with Crippen molar-refractivity contribution in [3.63, 3.8) is 0 Å². The van der Waals surface area contributed by atoms with Crippen LogP contribution < -0.4 is 5.73 Å². The van der Waals surface area contributed by atoms with E-state index in [1.54, 1.807) is 12.1 Å². The number of nitrogens with zero attached hydrogens (tertiary/aromatic N) is 2. The summed E-state index contributed by atoms with van der Waals surface area (Å²) in [6.45, 7) is 1.90. The quantitative estimate of drug-likeness (QED) is 0.890. The first-order valence-corrected chi connectivity index (χ1v) is 5.37. The van der Waals surface area contributed by atoms with E-state index in [-0.39, 0.29) is 6.04 Å². The smallest absolute Gasteiger partial charge is 0.228 e. The summed E-state index contributed by atoms with van der Waals surface area (Å²) in [6.07, 6.45) is 0.584. The van der Waals surface area contributed by atoms with Gasteiger partial charge in [0.25, 0.3) is 0 Å². The molecule has 84 valence electrons. The molecular formula is C11H12ClN3O. The van der Waals surface area contributed by atoms with Crippen LogP contribution in [0.25, 0.3) is 11.4 Å². The van der Waals surface area contributed by atoms with Crippen molar-refractivity contribution in [1.29, 1.82) is 0 Å². The predicted molar refractivity (Wildman–Crippen MR) is 62.1 cm³/mol. The molecule has 2 N–H and O–H groups in total. The summed E-state index contributed by atoms with van der Waals surface area (Å²) in [5.41, 5.74) is 6.53. The third kappa shape index (κ3) is 2.59. The molecule has 0 amide bonds. The number of aromatic nitrogens is 2. The van der Waals surface area contributed by atoms with Crippen LogP contribution in [-0.4, -0.2) is 16.2 Å². The minimum Gasteiger partial charge on any atom is -0.339 e. The fourth-order valence-corrected chi connectivity index (χ4v) is 1.46. The second-order valence-electron chi connectivity index (χ2n) is 3.70. The lowest BCUT2D eigenvalue weighted by molar-refractivity contribution is 0.372. The van der Waals surface area contributed by atoms with Crippen LogP contribution in [-0.2, 0) is 6.42 Å². The topological polar surface area (TPSA) is 64.9 Å².